The van der Waals surface area contributed by atoms with Crippen molar-refractivity contribution in [2.24, 2.45) is 0 Å². The maximum atomic E-state index is 4.71. The standard InChI is InChI=1S/C18H17N5S/c1-22(2)15-10-8-14(9-11-15)17-21-23-16(19-20-18(23)24-17)12-13-6-4-3-5-7-13/h3-11H,12H2,1-2H3. The lowest BCUT2D eigenvalue weighted by Crippen LogP contribution is -2.07. The van der Waals surface area contributed by atoms with E-state index in [4.69, 9.17) is 5.10 Å². The van der Waals surface area contributed by atoms with Crippen molar-refractivity contribution in [1.82, 2.24) is 19.8 Å². The third kappa shape index (κ3) is 2.76. The number of hydrogen-bond donors (Lipinski definition) is 0. The zero-order valence-corrected chi connectivity index (χ0v) is 14.4. The molecule has 0 saturated carbocycles. The first-order chi connectivity index (χ1) is 11.7. The topological polar surface area (TPSA) is 46.3 Å². The van der Waals surface area contributed by atoms with Crippen molar-refractivity contribution in [2.75, 3.05) is 19.0 Å². The van der Waals surface area contributed by atoms with Gasteiger partial charge in [0.1, 0.15) is 5.01 Å². The molecule has 0 aliphatic carbocycles. The van der Waals surface area contributed by atoms with Gasteiger partial charge in [0.2, 0.25) is 4.96 Å². The highest BCUT2D eigenvalue weighted by Gasteiger charge is 2.13. The fourth-order valence-corrected chi connectivity index (χ4v) is 3.43. The molecule has 2 aromatic carbocycles. The van der Waals surface area contributed by atoms with Crippen LogP contribution in [0, 0.1) is 0 Å². The van der Waals surface area contributed by atoms with E-state index < -0.39 is 0 Å². The summed E-state index contributed by atoms with van der Waals surface area (Å²) in [6, 6.07) is 18.7. The lowest BCUT2D eigenvalue weighted by atomic mass is 10.1. The van der Waals surface area contributed by atoms with E-state index >= 15 is 0 Å². The number of nitrogens with zero attached hydrogens (tertiary/aromatic N) is 5. The second-order valence-electron chi connectivity index (χ2n) is 5.82. The number of fused-ring (bicyclic) bond motifs is 1. The summed E-state index contributed by atoms with van der Waals surface area (Å²) in [4.78, 5) is 2.91. The van der Waals surface area contributed by atoms with Crippen molar-refractivity contribution in [3.8, 4) is 10.6 Å². The van der Waals surface area contributed by atoms with Crippen LogP contribution < -0.4 is 4.90 Å². The summed E-state index contributed by atoms with van der Waals surface area (Å²) in [6.07, 6.45) is 0.727. The molecule has 0 bridgehead atoms. The molecule has 0 fully saturated rings. The van der Waals surface area contributed by atoms with Gasteiger partial charge < -0.3 is 4.90 Å². The van der Waals surface area contributed by atoms with Crippen LogP contribution >= 0.6 is 11.3 Å². The van der Waals surface area contributed by atoms with E-state index in [1.165, 1.54) is 11.3 Å². The molecule has 0 radical (unpaired) electrons. The molecule has 2 heterocycles. The summed E-state index contributed by atoms with van der Waals surface area (Å²) >= 11 is 1.56. The molecule has 4 rings (SSSR count). The first-order valence-electron chi connectivity index (χ1n) is 7.73. The molecule has 4 aromatic rings. The van der Waals surface area contributed by atoms with Gasteiger partial charge in [-0.05, 0) is 29.8 Å². The maximum absolute atomic E-state index is 4.71. The van der Waals surface area contributed by atoms with Gasteiger partial charge in [0.25, 0.3) is 0 Å². The molecule has 0 aliphatic heterocycles. The van der Waals surface area contributed by atoms with Gasteiger partial charge in [-0.15, -0.1) is 10.2 Å². The van der Waals surface area contributed by atoms with Gasteiger partial charge in [-0.2, -0.15) is 9.61 Å². The van der Waals surface area contributed by atoms with Gasteiger partial charge in [-0.1, -0.05) is 41.7 Å². The average molecular weight is 335 g/mol. The largest absolute Gasteiger partial charge is 0.378 e. The molecule has 120 valence electrons. The predicted octanol–water partition coefficient (Wildman–Crippen LogP) is 3.51. The van der Waals surface area contributed by atoms with Crippen LogP contribution in [0.2, 0.25) is 0 Å². The normalized spacial score (nSPS) is 11.1. The Morgan fingerprint density at radius 1 is 0.958 bits per heavy atom. The third-order valence-electron chi connectivity index (χ3n) is 3.89. The monoisotopic (exact) mass is 335 g/mol. The molecule has 0 aliphatic rings. The Morgan fingerprint density at radius 2 is 1.71 bits per heavy atom. The van der Waals surface area contributed by atoms with Crippen molar-refractivity contribution in [3.63, 3.8) is 0 Å². The Balaban J connectivity index is 1.66. The molecule has 5 nitrogen and oxygen atoms in total. The van der Waals surface area contributed by atoms with Gasteiger partial charge >= 0.3 is 0 Å². The second-order valence-corrected chi connectivity index (χ2v) is 6.78. The van der Waals surface area contributed by atoms with Crippen LogP contribution in [0.25, 0.3) is 15.5 Å². The molecule has 6 heteroatoms. The molecule has 0 amide bonds. The van der Waals surface area contributed by atoms with Gasteiger partial charge in [-0.25, -0.2) is 0 Å². The van der Waals surface area contributed by atoms with E-state index in [0.29, 0.717) is 0 Å². The number of aromatic nitrogens is 4. The molecular formula is C18H17N5S. The zero-order valence-electron chi connectivity index (χ0n) is 13.5. The second kappa shape index (κ2) is 6.05. The van der Waals surface area contributed by atoms with E-state index in [1.807, 2.05) is 36.8 Å². The summed E-state index contributed by atoms with van der Waals surface area (Å²) < 4.78 is 1.85. The Morgan fingerprint density at radius 3 is 2.42 bits per heavy atom. The molecular weight excluding hydrogens is 318 g/mol. The van der Waals surface area contributed by atoms with Crippen LogP contribution in [-0.2, 0) is 6.42 Å². The van der Waals surface area contributed by atoms with Crippen LogP contribution in [-0.4, -0.2) is 33.9 Å². The Hall–Kier alpha value is -2.73. The lowest BCUT2D eigenvalue weighted by molar-refractivity contribution is 0.854. The van der Waals surface area contributed by atoms with Crippen LogP contribution in [0.4, 0.5) is 5.69 Å². The summed E-state index contributed by atoms with van der Waals surface area (Å²) in [7, 11) is 4.07. The first-order valence-corrected chi connectivity index (χ1v) is 8.55. The minimum atomic E-state index is 0.727. The third-order valence-corrected chi connectivity index (χ3v) is 4.84. The quantitative estimate of drug-likeness (QED) is 0.572. The molecule has 0 unspecified atom stereocenters. The van der Waals surface area contributed by atoms with Crippen LogP contribution in [0.5, 0.6) is 0 Å². The maximum Gasteiger partial charge on any atom is 0.234 e. The number of hydrogen-bond acceptors (Lipinski definition) is 5. The fraction of sp³-hybridized carbons (Fsp3) is 0.167. The van der Waals surface area contributed by atoms with E-state index in [0.717, 1.165) is 27.8 Å². The molecule has 2 aromatic heterocycles. The van der Waals surface area contributed by atoms with Crippen molar-refractivity contribution >= 4 is 22.0 Å². The summed E-state index contributed by atoms with van der Waals surface area (Å²) in [6.45, 7) is 0. The van der Waals surface area contributed by atoms with Crippen molar-refractivity contribution < 1.29 is 0 Å². The van der Waals surface area contributed by atoms with E-state index in [1.54, 1.807) is 11.3 Å². The predicted molar refractivity (Wildman–Crippen MR) is 97.7 cm³/mol. The van der Waals surface area contributed by atoms with E-state index in [2.05, 4.69) is 51.5 Å². The highest BCUT2D eigenvalue weighted by atomic mass is 32.1. The Bertz CT molecular complexity index is 954. The molecule has 24 heavy (non-hydrogen) atoms. The fourth-order valence-electron chi connectivity index (χ4n) is 2.56. The van der Waals surface area contributed by atoms with Crippen molar-refractivity contribution in [2.45, 2.75) is 6.42 Å². The van der Waals surface area contributed by atoms with Gasteiger partial charge in [0.15, 0.2) is 5.82 Å². The first kappa shape index (κ1) is 14.8. The number of benzene rings is 2. The lowest BCUT2D eigenvalue weighted by Gasteiger charge is -2.11. The Kier molecular flexibility index (Phi) is 3.74. The SMILES string of the molecule is CN(C)c1ccc(-c2nn3c(Cc4ccccc4)nnc3s2)cc1. The van der Waals surface area contributed by atoms with Gasteiger partial charge in [-0.3, -0.25) is 0 Å². The minimum Gasteiger partial charge on any atom is -0.378 e. The molecule has 0 spiro atoms. The smallest absolute Gasteiger partial charge is 0.234 e. The van der Waals surface area contributed by atoms with E-state index in [9.17, 15) is 0 Å². The average Bonchev–Trinajstić information content (AvgIpc) is 3.18. The summed E-state index contributed by atoms with van der Waals surface area (Å²) in [5.41, 5.74) is 3.48. The van der Waals surface area contributed by atoms with Crippen molar-refractivity contribution in [1.29, 1.82) is 0 Å². The van der Waals surface area contributed by atoms with Crippen LogP contribution in [0.15, 0.2) is 54.6 Å². The Labute approximate surface area is 144 Å². The van der Waals surface area contributed by atoms with Crippen LogP contribution in [0.1, 0.15) is 11.4 Å². The summed E-state index contributed by atoms with van der Waals surface area (Å²) in [5, 5.41) is 14.2. The molecule has 0 atom stereocenters. The zero-order chi connectivity index (χ0) is 16.5. The highest BCUT2D eigenvalue weighted by molar-refractivity contribution is 7.19. The van der Waals surface area contributed by atoms with Crippen LogP contribution in [0.3, 0.4) is 0 Å². The molecule has 0 N–H and O–H groups in total. The minimum absolute atomic E-state index is 0.727. The summed E-state index contributed by atoms with van der Waals surface area (Å²) in [5.74, 6) is 0.864. The number of rotatable bonds is 4. The van der Waals surface area contributed by atoms with Crippen molar-refractivity contribution in [3.05, 3.63) is 66.0 Å². The van der Waals surface area contributed by atoms with Gasteiger partial charge in [0, 0.05) is 31.8 Å². The molecule has 0 saturated heterocycles. The van der Waals surface area contributed by atoms with E-state index in [-0.39, 0.29) is 0 Å². The number of anilines is 1. The highest BCUT2D eigenvalue weighted by Crippen LogP contribution is 2.27. The van der Waals surface area contributed by atoms with Gasteiger partial charge in [0.05, 0.1) is 0 Å².